The molecule has 0 spiro atoms. The molecule has 29 heavy (non-hydrogen) atoms. The lowest BCUT2D eigenvalue weighted by Crippen LogP contribution is -2.26. The molecule has 0 saturated carbocycles. The van der Waals surface area contributed by atoms with E-state index < -0.39 is 0 Å². The number of carbonyl (C=O) groups is 1. The van der Waals surface area contributed by atoms with Crippen molar-refractivity contribution < 1.29 is 4.79 Å². The molecule has 146 valence electrons. The summed E-state index contributed by atoms with van der Waals surface area (Å²) in [5.74, 6) is 0.172. The Kier molecular flexibility index (Phi) is 6.02. The molecule has 0 amide bonds. The molecule has 3 aromatic rings. The van der Waals surface area contributed by atoms with Crippen LogP contribution >= 0.6 is 0 Å². The maximum Gasteiger partial charge on any atom is 0.176 e. The van der Waals surface area contributed by atoms with Crippen molar-refractivity contribution in [3.05, 3.63) is 113 Å². The molecule has 0 fully saturated rings. The molecule has 1 aliphatic carbocycles. The number of aryl methyl sites for hydroxylation is 2. The van der Waals surface area contributed by atoms with Crippen LogP contribution in [-0.4, -0.2) is 30.8 Å². The van der Waals surface area contributed by atoms with Crippen molar-refractivity contribution in [3.8, 4) is 0 Å². The minimum Gasteiger partial charge on any atom is -0.299 e. The summed E-state index contributed by atoms with van der Waals surface area (Å²) in [7, 11) is 2.02. The zero-order valence-corrected chi connectivity index (χ0v) is 17.0. The van der Waals surface area contributed by atoms with E-state index in [0.29, 0.717) is 6.54 Å². The molecule has 0 bridgehead atoms. The van der Waals surface area contributed by atoms with E-state index in [1.54, 1.807) is 0 Å². The molecule has 3 aromatic carbocycles. The largest absolute Gasteiger partial charge is 0.299 e. The smallest absolute Gasteiger partial charge is 0.176 e. The number of nitrogens with zero attached hydrogens (tertiary/aromatic N) is 1. The normalized spacial score (nSPS) is 12.8. The molecule has 0 radical (unpaired) electrons. The first-order valence-electron chi connectivity index (χ1n) is 10.4. The van der Waals surface area contributed by atoms with E-state index in [-0.39, 0.29) is 5.78 Å². The lowest BCUT2D eigenvalue weighted by atomic mass is 9.93. The van der Waals surface area contributed by atoms with Gasteiger partial charge in [0.1, 0.15) is 0 Å². The Bertz CT molecular complexity index is 970. The summed E-state index contributed by atoms with van der Waals surface area (Å²) >= 11 is 0. The molecular formula is C27H27NO. The fraction of sp³-hybridized carbons (Fsp3) is 0.222. The van der Waals surface area contributed by atoms with Crippen LogP contribution < -0.4 is 0 Å². The standard InChI is InChI=1S/C27H27NO/c1-28(20-27(29)23-12-3-2-4-13-23)19-9-16-26-24-14-7-5-10-21(24)17-18-22-11-6-8-15-25(22)26/h2-8,10-16H,9,17-20H2,1H3. The van der Waals surface area contributed by atoms with Gasteiger partial charge >= 0.3 is 0 Å². The van der Waals surface area contributed by atoms with Gasteiger partial charge < -0.3 is 0 Å². The number of fused-ring (bicyclic) bond motifs is 2. The van der Waals surface area contributed by atoms with Crippen LogP contribution in [0.1, 0.15) is 39.0 Å². The fourth-order valence-electron chi connectivity index (χ4n) is 4.11. The number of rotatable bonds is 6. The Morgan fingerprint density at radius 1 is 0.828 bits per heavy atom. The average Bonchev–Trinajstić information content (AvgIpc) is 2.92. The van der Waals surface area contributed by atoms with Gasteiger partial charge in [-0.15, -0.1) is 0 Å². The first-order chi connectivity index (χ1) is 14.2. The predicted octanol–water partition coefficient (Wildman–Crippen LogP) is 5.42. The summed E-state index contributed by atoms with van der Waals surface area (Å²) in [4.78, 5) is 14.5. The van der Waals surface area contributed by atoms with Gasteiger partial charge in [-0.25, -0.2) is 0 Å². The molecule has 0 aliphatic heterocycles. The number of Topliss-reactive ketones (excluding diaryl/α,β-unsaturated/α-hetero) is 1. The Morgan fingerprint density at radius 3 is 2.00 bits per heavy atom. The minimum absolute atomic E-state index is 0.172. The molecule has 2 nitrogen and oxygen atoms in total. The van der Waals surface area contributed by atoms with Crippen molar-refractivity contribution >= 4 is 11.4 Å². The quantitative estimate of drug-likeness (QED) is 0.531. The van der Waals surface area contributed by atoms with Gasteiger partial charge in [0.15, 0.2) is 5.78 Å². The molecule has 0 unspecified atom stereocenters. The maximum atomic E-state index is 12.4. The molecule has 0 N–H and O–H groups in total. The summed E-state index contributed by atoms with van der Waals surface area (Å²) in [5, 5.41) is 0. The Balaban J connectivity index is 1.50. The van der Waals surface area contributed by atoms with Crippen LogP contribution in [0.4, 0.5) is 0 Å². The monoisotopic (exact) mass is 381 g/mol. The van der Waals surface area contributed by atoms with Gasteiger partial charge in [0, 0.05) is 12.1 Å². The molecule has 4 rings (SSSR count). The fourth-order valence-corrected chi connectivity index (χ4v) is 4.11. The highest BCUT2D eigenvalue weighted by atomic mass is 16.1. The van der Waals surface area contributed by atoms with Crippen LogP contribution in [-0.2, 0) is 12.8 Å². The average molecular weight is 382 g/mol. The first-order valence-corrected chi connectivity index (χ1v) is 10.4. The Labute approximate surface area is 173 Å². The lowest BCUT2D eigenvalue weighted by Gasteiger charge is -2.16. The number of likely N-dealkylation sites (N-methyl/N-ethyl adjacent to an activating group) is 1. The van der Waals surface area contributed by atoms with Gasteiger partial charge in [0.05, 0.1) is 6.54 Å². The Morgan fingerprint density at radius 2 is 1.38 bits per heavy atom. The van der Waals surface area contributed by atoms with Crippen molar-refractivity contribution in [3.63, 3.8) is 0 Å². The molecule has 0 atom stereocenters. The molecule has 0 saturated heterocycles. The van der Waals surface area contributed by atoms with Crippen molar-refractivity contribution in [1.82, 2.24) is 4.90 Å². The summed E-state index contributed by atoms with van der Waals surface area (Å²) < 4.78 is 0. The van der Waals surface area contributed by atoms with E-state index in [9.17, 15) is 4.79 Å². The zero-order valence-electron chi connectivity index (χ0n) is 17.0. The highest BCUT2D eigenvalue weighted by Crippen LogP contribution is 2.33. The topological polar surface area (TPSA) is 20.3 Å². The molecule has 0 aromatic heterocycles. The maximum absolute atomic E-state index is 12.4. The van der Waals surface area contributed by atoms with Crippen molar-refractivity contribution in [2.75, 3.05) is 20.1 Å². The second-order valence-electron chi connectivity index (χ2n) is 7.75. The number of hydrogen-bond acceptors (Lipinski definition) is 2. The summed E-state index contributed by atoms with van der Waals surface area (Å²) in [6.45, 7) is 1.30. The second-order valence-corrected chi connectivity index (χ2v) is 7.75. The van der Waals surface area contributed by atoms with Crippen molar-refractivity contribution in [2.24, 2.45) is 0 Å². The highest BCUT2D eigenvalue weighted by Gasteiger charge is 2.17. The van der Waals surface area contributed by atoms with Crippen LogP contribution in [0.2, 0.25) is 0 Å². The summed E-state index contributed by atoms with van der Waals surface area (Å²) in [5.41, 5.74) is 7.65. The van der Waals surface area contributed by atoms with E-state index in [0.717, 1.165) is 31.4 Å². The predicted molar refractivity (Wildman–Crippen MR) is 120 cm³/mol. The van der Waals surface area contributed by atoms with E-state index in [1.165, 1.54) is 27.8 Å². The third-order valence-electron chi connectivity index (χ3n) is 5.65. The Hall–Kier alpha value is -2.97. The van der Waals surface area contributed by atoms with Gasteiger partial charge in [-0.1, -0.05) is 84.9 Å². The number of carbonyl (C=O) groups excluding carboxylic acids is 1. The molecule has 2 heteroatoms. The van der Waals surface area contributed by atoms with E-state index >= 15 is 0 Å². The van der Waals surface area contributed by atoms with Gasteiger partial charge in [0.2, 0.25) is 0 Å². The summed E-state index contributed by atoms with van der Waals surface area (Å²) in [6.07, 6.45) is 5.43. The van der Waals surface area contributed by atoms with Crippen molar-refractivity contribution in [1.29, 1.82) is 0 Å². The van der Waals surface area contributed by atoms with Gasteiger partial charge in [-0.3, -0.25) is 9.69 Å². The lowest BCUT2D eigenvalue weighted by molar-refractivity contribution is 0.0947. The van der Waals surface area contributed by atoms with Crippen molar-refractivity contribution in [2.45, 2.75) is 19.3 Å². The third-order valence-corrected chi connectivity index (χ3v) is 5.65. The number of benzene rings is 3. The van der Waals surface area contributed by atoms with Crippen LogP contribution in [0.25, 0.3) is 5.57 Å². The number of hydrogen-bond donors (Lipinski definition) is 0. The number of ketones is 1. The summed E-state index contributed by atoms with van der Waals surface area (Å²) in [6, 6.07) is 27.1. The van der Waals surface area contributed by atoms with Gasteiger partial charge in [-0.05, 0) is 54.1 Å². The SMILES string of the molecule is CN(CCC=C1c2ccccc2CCc2ccccc21)CC(=O)c1ccccc1. The highest BCUT2D eigenvalue weighted by molar-refractivity contribution is 5.97. The third kappa shape index (κ3) is 4.55. The van der Waals surface area contributed by atoms with Gasteiger partial charge in [0.25, 0.3) is 0 Å². The molecule has 1 aliphatic rings. The first kappa shape index (κ1) is 19.4. The van der Waals surface area contributed by atoms with Crippen LogP contribution in [0.3, 0.4) is 0 Å². The van der Waals surface area contributed by atoms with E-state index in [1.807, 2.05) is 37.4 Å². The van der Waals surface area contributed by atoms with Gasteiger partial charge in [-0.2, -0.15) is 0 Å². The second kappa shape index (κ2) is 9.02. The van der Waals surface area contributed by atoms with Crippen LogP contribution in [0.5, 0.6) is 0 Å². The molecule has 0 heterocycles. The van der Waals surface area contributed by atoms with Crippen LogP contribution in [0, 0.1) is 0 Å². The van der Waals surface area contributed by atoms with Crippen LogP contribution in [0.15, 0.2) is 84.9 Å². The zero-order chi connectivity index (χ0) is 20.1. The minimum atomic E-state index is 0.172. The van der Waals surface area contributed by atoms with E-state index in [4.69, 9.17) is 0 Å². The van der Waals surface area contributed by atoms with E-state index in [2.05, 4.69) is 59.5 Å². The molecular weight excluding hydrogens is 354 g/mol.